The van der Waals surface area contributed by atoms with Crippen LogP contribution in [0.1, 0.15) is 0 Å². The van der Waals surface area contributed by atoms with E-state index in [-0.39, 0.29) is 5.82 Å². The highest BCUT2D eigenvalue weighted by molar-refractivity contribution is 7.21. The fourth-order valence-electron chi connectivity index (χ4n) is 2.46. The molecule has 0 unspecified atom stereocenters. The highest BCUT2D eigenvalue weighted by Gasteiger charge is 2.07. The predicted molar refractivity (Wildman–Crippen MR) is 90.5 cm³/mol. The molecule has 0 aliphatic carbocycles. The average molecular weight is 305 g/mol. The molecule has 0 fully saturated rings. The van der Waals surface area contributed by atoms with Crippen molar-refractivity contribution in [2.75, 3.05) is 0 Å². The molecule has 0 spiro atoms. The van der Waals surface area contributed by atoms with Gasteiger partial charge in [-0.15, -0.1) is 11.3 Å². The Morgan fingerprint density at radius 3 is 2.18 bits per heavy atom. The van der Waals surface area contributed by atoms with Gasteiger partial charge < -0.3 is 0 Å². The van der Waals surface area contributed by atoms with Crippen LogP contribution in [0.4, 0.5) is 4.39 Å². The Kier molecular flexibility index (Phi) is 3.20. The maximum atomic E-state index is 13.3. The zero-order valence-electron chi connectivity index (χ0n) is 11.7. The van der Waals surface area contributed by atoms with E-state index in [1.54, 1.807) is 6.07 Å². The lowest BCUT2D eigenvalue weighted by Gasteiger charge is -2.02. The normalized spacial score (nSPS) is 11.0. The summed E-state index contributed by atoms with van der Waals surface area (Å²) in [5.41, 5.74) is 4.27. The standard InChI is InChI=1S/C19H12FNS/c20-16-10-11-17-18(12-16)22-19(21-17)15-8-6-14(7-9-15)13-4-2-1-3-5-13/h1-12H. The van der Waals surface area contributed by atoms with Crippen LogP contribution in [0, 0.1) is 5.82 Å². The van der Waals surface area contributed by atoms with Gasteiger partial charge in [0.2, 0.25) is 0 Å². The molecule has 0 amide bonds. The summed E-state index contributed by atoms with van der Waals surface area (Å²) in [6.45, 7) is 0. The molecule has 1 nitrogen and oxygen atoms in total. The predicted octanol–water partition coefficient (Wildman–Crippen LogP) is 5.77. The number of rotatable bonds is 2. The lowest BCUT2D eigenvalue weighted by atomic mass is 10.0. The molecule has 0 saturated heterocycles. The van der Waals surface area contributed by atoms with Crippen molar-refractivity contribution < 1.29 is 4.39 Å². The monoisotopic (exact) mass is 305 g/mol. The number of fused-ring (bicyclic) bond motifs is 1. The highest BCUT2D eigenvalue weighted by Crippen LogP contribution is 2.31. The van der Waals surface area contributed by atoms with E-state index in [0.29, 0.717) is 0 Å². The van der Waals surface area contributed by atoms with E-state index in [0.717, 1.165) is 20.8 Å². The molecule has 3 heteroatoms. The smallest absolute Gasteiger partial charge is 0.124 e. The minimum absolute atomic E-state index is 0.220. The Morgan fingerprint density at radius 1 is 0.727 bits per heavy atom. The molecule has 0 bridgehead atoms. The Hall–Kier alpha value is -2.52. The first-order valence-corrected chi connectivity index (χ1v) is 7.83. The second-order valence-corrected chi connectivity index (χ2v) is 6.11. The first-order valence-electron chi connectivity index (χ1n) is 7.01. The maximum Gasteiger partial charge on any atom is 0.124 e. The van der Waals surface area contributed by atoms with Crippen molar-refractivity contribution in [3.05, 3.63) is 78.6 Å². The first kappa shape index (κ1) is 13.2. The molecule has 106 valence electrons. The molecule has 22 heavy (non-hydrogen) atoms. The Morgan fingerprint density at radius 2 is 1.41 bits per heavy atom. The molecule has 3 aromatic carbocycles. The van der Waals surface area contributed by atoms with Crippen LogP contribution in [0.3, 0.4) is 0 Å². The van der Waals surface area contributed by atoms with Gasteiger partial charge in [0.25, 0.3) is 0 Å². The van der Waals surface area contributed by atoms with Crippen LogP contribution in [0.5, 0.6) is 0 Å². The summed E-state index contributed by atoms with van der Waals surface area (Å²) in [7, 11) is 0. The van der Waals surface area contributed by atoms with Crippen LogP contribution < -0.4 is 0 Å². The van der Waals surface area contributed by atoms with E-state index in [2.05, 4.69) is 41.4 Å². The van der Waals surface area contributed by atoms with Gasteiger partial charge in [0.05, 0.1) is 10.2 Å². The number of nitrogens with zero attached hydrogens (tertiary/aromatic N) is 1. The van der Waals surface area contributed by atoms with Crippen molar-refractivity contribution in [1.82, 2.24) is 4.98 Å². The van der Waals surface area contributed by atoms with E-state index in [4.69, 9.17) is 0 Å². The number of thiazole rings is 1. The van der Waals surface area contributed by atoms with E-state index >= 15 is 0 Å². The van der Waals surface area contributed by atoms with Gasteiger partial charge in [0.15, 0.2) is 0 Å². The molecule has 0 atom stereocenters. The van der Waals surface area contributed by atoms with Crippen LogP contribution in [0.2, 0.25) is 0 Å². The van der Waals surface area contributed by atoms with Gasteiger partial charge in [-0.1, -0.05) is 54.6 Å². The average Bonchev–Trinajstić information content (AvgIpc) is 2.99. The largest absolute Gasteiger partial charge is 0.236 e. The Labute approximate surface area is 131 Å². The van der Waals surface area contributed by atoms with Gasteiger partial charge >= 0.3 is 0 Å². The summed E-state index contributed by atoms with van der Waals surface area (Å²) < 4.78 is 14.1. The second-order valence-electron chi connectivity index (χ2n) is 5.07. The van der Waals surface area contributed by atoms with Crippen molar-refractivity contribution >= 4 is 21.6 Å². The first-order chi connectivity index (χ1) is 10.8. The van der Waals surface area contributed by atoms with Crippen molar-refractivity contribution in [1.29, 1.82) is 0 Å². The lowest BCUT2D eigenvalue weighted by Crippen LogP contribution is -1.79. The summed E-state index contributed by atoms with van der Waals surface area (Å²) in [6, 6.07) is 23.3. The maximum absolute atomic E-state index is 13.3. The molecule has 4 aromatic rings. The minimum atomic E-state index is -0.220. The van der Waals surface area contributed by atoms with Crippen molar-refractivity contribution in [2.24, 2.45) is 0 Å². The fraction of sp³-hybridized carbons (Fsp3) is 0. The topological polar surface area (TPSA) is 12.9 Å². The third-order valence-electron chi connectivity index (χ3n) is 3.59. The molecule has 0 aliphatic heterocycles. The van der Waals surface area contributed by atoms with E-state index in [9.17, 15) is 4.39 Å². The second kappa shape index (κ2) is 5.35. The molecule has 0 aliphatic rings. The zero-order valence-corrected chi connectivity index (χ0v) is 12.5. The summed E-state index contributed by atoms with van der Waals surface area (Å²) >= 11 is 1.52. The lowest BCUT2D eigenvalue weighted by molar-refractivity contribution is 0.630. The molecule has 0 saturated carbocycles. The molecule has 1 heterocycles. The SMILES string of the molecule is Fc1ccc2nc(-c3ccc(-c4ccccc4)cc3)sc2c1. The van der Waals surface area contributed by atoms with Gasteiger partial charge in [0, 0.05) is 5.56 Å². The summed E-state index contributed by atoms with van der Waals surface area (Å²) in [5, 5.41) is 0.917. The molecular formula is C19H12FNS. The zero-order chi connectivity index (χ0) is 14.9. The van der Waals surface area contributed by atoms with Gasteiger partial charge in [-0.3, -0.25) is 0 Å². The number of hydrogen-bond donors (Lipinski definition) is 0. The number of aromatic nitrogens is 1. The molecular weight excluding hydrogens is 293 g/mol. The van der Waals surface area contributed by atoms with Gasteiger partial charge in [-0.25, -0.2) is 9.37 Å². The Bertz CT molecular complexity index is 927. The number of halogens is 1. The Balaban J connectivity index is 1.73. The van der Waals surface area contributed by atoms with Crippen molar-refractivity contribution in [2.45, 2.75) is 0 Å². The van der Waals surface area contributed by atoms with Crippen LogP contribution in [-0.2, 0) is 0 Å². The van der Waals surface area contributed by atoms with Gasteiger partial charge in [-0.05, 0) is 29.3 Å². The number of benzene rings is 3. The summed E-state index contributed by atoms with van der Waals surface area (Å²) in [4.78, 5) is 4.58. The quantitative estimate of drug-likeness (QED) is 0.458. The highest BCUT2D eigenvalue weighted by atomic mass is 32.1. The summed E-state index contributed by atoms with van der Waals surface area (Å²) in [5.74, 6) is -0.220. The minimum Gasteiger partial charge on any atom is -0.236 e. The fourth-order valence-corrected chi connectivity index (χ4v) is 3.45. The third kappa shape index (κ3) is 2.40. The van der Waals surface area contributed by atoms with E-state index in [1.165, 1.54) is 34.6 Å². The third-order valence-corrected chi connectivity index (χ3v) is 4.66. The van der Waals surface area contributed by atoms with Crippen LogP contribution >= 0.6 is 11.3 Å². The van der Waals surface area contributed by atoms with Gasteiger partial charge in [-0.2, -0.15) is 0 Å². The molecule has 0 N–H and O–H groups in total. The van der Waals surface area contributed by atoms with Crippen molar-refractivity contribution in [3.8, 4) is 21.7 Å². The van der Waals surface area contributed by atoms with Crippen LogP contribution in [0.15, 0.2) is 72.8 Å². The van der Waals surface area contributed by atoms with Crippen LogP contribution in [0.25, 0.3) is 31.9 Å². The number of hydrogen-bond acceptors (Lipinski definition) is 2. The van der Waals surface area contributed by atoms with E-state index < -0.39 is 0 Å². The van der Waals surface area contributed by atoms with E-state index in [1.807, 2.05) is 18.2 Å². The molecule has 0 radical (unpaired) electrons. The van der Waals surface area contributed by atoms with Crippen LogP contribution in [-0.4, -0.2) is 4.98 Å². The van der Waals surface area contributed by atoms with Gasteiger partial charge in [0.1, 0.15) is 10.8 Å². The molecule has 4 rings (SSSR count). The summed E-state index contributed by atoms with van der Waals surface area (Å²) in [6.07, 6.45) is 0. The molecule has 1 aromatic heterocycles. The van der Waals surface area contributed by atoms with Crippen molar-refractivity contribution in [3.63, 3.8) is 0 Å².